The van der Waals surface area contributed by atoms with Gasteiger partial charge < -0.3 is 30.6 Å². The van der Waals surface area contributed by atoms with Crippen molar-refractivity contribution in [1.29, 1.82) is 0 Å². The molecule has 0 unspecified atom stereocenters. The van der Waals surface area contributed by atoms with Gasteiger partial charge in [-0.1, -0.05) is 0 Å². The Bertz CT molecular complexity index is 321. The fourth-order valence-electron chi connectivity index (χ4n) is 0.388. The van der Waals surface area contributed by atoms with E-state index in [0.717, 1.165) is 0 Å². The second-order valence-corrected chi connectivity index (χ2v) is 2.89. The van der Waals surface area contributed by atoms with Crippen molar-refractivity contribution in [1.82, 2.24) is 0 Å². The number of rotatable bonds is 6. The number of aliphatic carboxylic acids is 6. The van der Waals surface area contributed by atoms with Crippen molar-refractivity contribution in [2.75, 3.05) is 0 Å². The minimum atomic E-state index is -1.31. The van der Waals surface area contributed by atoms with Crippen LogP contribution >= 0.6 is 0 Å². The van der Waals surface area contributed by atoms with E-state index in [1.807, 2.05) is 0 Å². The number of hydrogen-bond donors (Lipinski definition) is 6. The maximum atomic E-state index is 9.43. The summed E-state index contributed by atoms with van der Waals surface area (Å²) in [5.74, 6) is -7.88. The molecule has 0 aromatic rings. The zero-order valence-corrected chi connectivity index (χ0v) is 15.2. The van der Waals surface area contributed by atoms with Crippen LogP contribution in [0.4, 0.5) is 0 Å². The Kier molecular flexibility index (Phi) is 29.2. The van der Waals surface area contributed by atoms with Crippen LogP contribution in [0.15, 0.2) is 0 Å². The van der Waals surface area contributed by atoms with Crippen molar-refractivity contribution in [2.45, 2.75) is 19.3 Å². The Morgan fingerprint density at radius 2 is 0.478 bits per heavy atom. The molecule has 0 heterocycles. The van der Waals surface area contributed by atoms with E-state index < -0.39 is 55.1 Å². The van der Waals surface area contributed by atoms with Gasteiger partial charge in [-0.3, -0.25) is 28.8 Å². The molecule has 0 aromatic heterocycles. The molecule has 0 aromatic carbocycles. The molecular weight excluding hydrogens is 694 g/mol. The Morgan fingerprint density at radius 3 is 0.478 bits per heavy atom. The van der Waals surface area contributed by atoms with Crippen molar-refractivity contribution < 1.29 is 104 Å². The molecule has 142 valence electrons. The van der Waals surface area contributed by atoms with Crippen LogP contribution in [0, 0.1) is 0 Å². The Balaban J connectivity index is -0.0000000675. The number of carboxylic acid groups (broad SMARTS) is 6. The summed E-state index contributed by atoms with van der Waals surface area (Å²) in [6.07, 6.45) is -2.42. The second kappa shape index (κ2) is 20.3. The van der Waals surface area contributed by atoms with Gasteiger partial charge in [-0.2, -0.15) is 0 Å². The van der Waals surface area contributed by atoms with Gasteiger partial charge in [-0.25, -0.2) is 0 Å². The number of hydrogen-bond acceptors (Lipinski definition) is 6. The minimum Gasteiger partial charge on any atom is -0.481 e. The molecule has 23 heavy (non-hydrogen) atoms. The molecule has 14 heteroatoms. The summed E-state index contributed by atoms with van der Waals surface area (Å²) >= 11 is 0. The molecule has 0 saturated carbocycles. The Hall–Kier alpha value is -1.70. The van der Waals surface area contributed by atoms with Crippen LogP contribution in [-0.2, 0) is 73.5 Å². The van der Waals surface area contributed by atoms with Crippen LogP contribution in [0.1, 0.15) is 19.3 Å². The second-order valence-electron chi connectivity index (χ2n) is 2.89. The summed E-state index contributed by atoms with van der Waals surface area (Å²) in [4.78, 5) is 56.6. The van der Waals surface area contributed by atoms with E-state index in [-0.39, 0.29) is 44.8 Å². The van der Waals surface area contributed by atoms with Crippen LogP contribution in [0.3, 0.4) is 0 Å². The molecule has 0 aliphatic heterocycles. The first-order valence-electron chi connectivity index (χ1n) is 4.69. The molecule has 0 aliphatic rings. The van der Waals surface area contributed by atoms with Gasteiger partial charge in [-0.15, -0.1) is 0 Å². The van der Waals surface area contributed by atoms with E-state index >= 15 is 0 Å². The molecule has 0 fully saturated rings. The predicted octanol–water partition coefficient (Wildman–Crippen LogP) is -1.37. The van der Waals surface area contributed by atoms with Crippen LogP contribution in [-0.4, -0.2) is 66.5 Å². The molecule has 0 spiro atoms. The summed E-state index contributed by atoms with van der Waals surface area (Å²) in [6.45, 7) is 0. The third-order valence-corrected chi connectivity index (χ3v) is 0.907. The van der Waals surface area contributed by atoms with Crippen LogP contribution in [0.5, 0.6) is 0 Å². The average Bonchev–Trinajstić information content (AvgIpc) is 2.10. The zero-order chi connectivity index (χ0) is 17.6. The SMILES string of the molecule is O=C(O)CC(=O)O.O=C(O)CC(=O)O.O=C(O)CC(=O)O.[Au].[Au]. The van der Waals surface area contributed by atoms with Crippen LogP contribution in [0.2, 0.25) is 0 Å². The van der Waals surface area contributed by atoms with Crippen molar-refractivity contribution in [3.8, 4) is 0 Å². The summed E-state index contributed by atoms with van der Waals surface area (Å²) in [6, 6.07) is 0. The summed E-state index contributed by atoms with van der Waals surface area (Å²) in [5.41, 5.74) is 0. The molecule has 2 radical (unpaired) electrons. The van der Waals surface area contributed by atoms with Crippen molar-refractivity contribution in [3.63, 3.8) is 0 Å². The van der Waals surface area contributed by atoms with E-state index in [0.29, 0.717) is 0 Å². The fourth-order valence-corrected chi connectivity index (χ4v) is 0.388. The van der Waals surface area contributed by atoms with Crippen LogP contribution < -0.4 is 0 Å². The van der Waals surface area contributed by atoms with E-state index in [1.54, 1.807) is 0 Å². The third-order valence-electron chi connectivity index (χ3n) is 0.907. The summed E-state index contributed by atoms with van der Waals surface area (Å²) < 4.78 is 0. The molecule has 0 atom stereocenters. The summed E-state index contributed by atoms with van der Waals surface area (Å²) in [7, 11) is 0. The van der Waals surface area contributed by atoms with Gasteiger partial charge in [-0.05, 0) is 0 Å². The largest absolute Gasteiger partial charge is 0.481 e. The molecular formula is C9H12Au2O12. The van der Waals surface area contributed by atoms with Crippen molar-refractivity contribution >= 4 is 35.8 Å². The van der Waals surface area contributed by atoms with Crippen molar-refractivity contribution in [3.05, 3.63) is 0 Å². The third kappa shape index (κ3) is 64.1. The maximum absolute atomic E-state index is 9.43. The van der Waals surface area contributed by atoms with Gasteiger partial charge in [0, 0.05) is 44.8 Å². The molecule has 0 rings (SSSR count). The molecule has 0 aliphatic carbocycles. The Labute approximate surface area is 159 Å². The van der Waals surface area contributed by atoms with E-state index in [9.17, 15) is 28.8 Å². The number of carbonyl (C=O) groups is 6. The molecule has 12 nitrogen and oxygen atoms in total. The first-order chi connectivity index (χ1) is 9.38. The van der Waals surface area contributed by atoms with Crippen molar-refractivity contribution in [2.24, 2.45) is 0 Å². The summed E-state index contributed by atoms with van der Waals surface area (Å²) in [5, 5.41) is 46.2. The normalized spacial score (nSPS) is 7.30. The first-order valence-corrected chi connectivity index (χ1v) is 4.69. The Morgan fingerprint density at radius 1 is 0.391 bits per heavy atom. The van der Waals surface area contributed by atoms with Gasteiger partial charge in [0.25, 0.3) is 0 Å². The average molecular weight is 706 g/mol. The molecule has 0 amide bonds. The maximum Gasteiger partial charge on any atom is 0.314 e. The molecule has 6 N–H and O–H groups in total. The molecule has 0 saturated heterocycles. The number of carboxylic acids is 6. The quantitative estimate of drug-likeness (QED) is 0.139. The van der Waals surface area contributed by atoms with Gasteiger partial charge in [0.05, 0.1) is 0 Å². The van der Waals surface area contributed by atoms with Gasteiger partial charge >= 0.3 is 35.8 Å². The fraction of sp³-hybridized carbons (Fsp3) is 0.333. The monoisotopic (exact) mass is 706 g/mol. The standard InChI is InChI=1S/3C3H4O4.2Au/c3*4-2(5)1-3(6)7;;/h3*1H2,(H,4,5)(H,6,7);;. The zero-order valence-electron chi connectivity index (χ0n) is 10.9. The first kappa shape index (κ1) is 33.0. The van der Waals surface area contributed by atoms with E-state index in [1.165, 1.54) is 0 Å². The molecule has 0 bridgehead atoms. The van der Waals surface area contributed by atoms with Gasteiger partial charge in [0.15, 0.2) is 0 Å². The topological polar surface area (TPSA) is 224 Å². The van der Waals surface area contributed by atoms with E-state index in [4.69, 9.17) is 30.6 Å². The van der Waals surface area contributed by atoms with Crippen LogP contribution in [0.25, 0.3) is 0 Å². The minimum absolute atomic E-state index is 0. The predicted molar refractivity (Wildman–Crippen MR) is 59.7 cm³/mol. The van der Waals surface area contributed by atoms with E-state index in [2.05, 4.69) is 0 Å². The van der Waals surface area contributed by atoms with Gasteiger partial charge in [0.2, 0.25) is 0 Å². The smallest absolute Gasteiger partial charge is 0.314 e. The van der Waals surface area contributed by atoms with Gasteiger partial charge in [0.1, 0.15) is 19.3 Å².